The summed E-state index contributed by atoms with van der Waals surface area (Å²) in [6.07, 6.45) is 5.04. The fourth-order valence-corrected chi connectivity index (χ4v) is 2.29. The molecule has 1 aromatic rings. The maximum absolute atomic E-state index is 11.8. The van der Waals surface area contributed by atoms with Gasteiger partial charge < -0.3 is 15.0 Å². The van der Waals surface area contributed by atoms with E-state index in [0.717, 1.165) is 19.3 Å². The van der Waals surface area contributed by atoms with E-state index in [1.54, 1.807) is 23.9 Å². The predicted octanol–water partition coefficient (Wildman–Crippen LogP) is 1.17. The fourth-order valence-electron chi connectivity index (χ4n) is 2.29. The number of nitrogen functional groups attached to an aromatic ring is 1. The molecule has 0 amide bonds. The maximum atomic E-state index is 11.8. The third-order valence-corrected chi connectivity index (χ3v) is 3.08. The molecule has 1 fully saturated rings. The van der Waals surface area contributed by atoms with E-state index in [4.69, 9.17) is 10.5 Å². The van der Waals surface area contributed by atoms with Crippen LogP contribution in [-0.4, -0.2) is 17.8 Å². The molecule has 2 rings (SSSR count). The molecule has 4 nitrogen and oxygen atoms in total. The maximum Gasteiger partial charge on any atom is 0.274 e. The molecule has 0 bridgehead atoms. The minimum Gasteiger partial charge on any atom is -0.394 e. The average Bonchev–Trinajstić information content (AvgIpc) is 2.70. The highest BCUT2D eigenvalue weighted by Crippen LogP contribution is 2.30. The van der Waals surface area contributed by atoms with E-state index in [2.05, 4.69) is 0 Å². The Bertz CT molecular complexity index is 400. The van der Waals surface area contributed by atoms with Crippen LogP contribution < -0.4 is 11.3 Å². The lowest BCUT2D eigenvalue weighted by Gasteiger charge is -2.20. The van der Waals surface area contributed by atoms with Crippen LogP contribution in [0, 0.1) is 0 Å². The molecule has 1 heterocycles. The Hall–Kier alpha value is -1.29. The van der Waals surface area contributed by atoms with Crippen molar-refractivity contribution in [3.8, 4) is 0 Å². The summed E-state index contributed by atoms with van der Waals surface area (Å²) in [5, 5.41) is 0. The second-order valence-corrected chi connectivity index (χ2v) is 3.95. The number of nitrogens with two attached hydrogens (primary N) is 1. The van der Waals surface area contributed by atoms with Gasteiger partial charge in [0.05, 0.1) is 17.8 Å². The number of nitrogens with zero attached hydrogens (tertiary/aromatic N) is 1. The van der Waals surface area contributed by atoms with E-state index in [1.165, 1.54) is 0 Å². The first-order chi connectivity index (χ1) is 7.24. The summed E-state index contributed by atoms with van der Waals surface area (Å²) >= 11 is 0. The van der Waals surface area contributed by atoms with Crippen LogP contribution in [0.4, 0.5) is 5.69 Å². The van der Waals surface area contributed by atoms with Gasteiger partial charge in [0, 0.05) is 13.3 Å². The van der Waals surface area contributed by atoms with Gasteiger partial charge >= 0.3 is 0 Å². The number of aromatic nitrogens is 1. The van der Waals surface area contributed by atoms with Gasteiger partial charge in [-0.15, -0.1) is 0 Å². The highest BCUT2D eigenvalue weighted by atomic mass is 16.5. The Morgan fingerprint density at radius 3 is 3.07 bits per heavy atom. The van der Waals surface area contributed by atoms with Gasteiger partial charge in [0.15, 0.2) is 0 Å². The number of methoxy groups -OCH3 is 1. The quantitative estimate of drug-likeness (QED) is 0.793. The number of rotatable bonds is 2. The summed E-state index contributed by atoms with van der Waals surface area (Å²) in [5.41, 5.74) is 5.80. The minimum absolute atomic E-state index is 0.105. The van der Waals surface area contributed by atoms with Crippen molar-refractivity contribution in [3.05, 3.63) is 28.7 Å². The first-order valence-corrected chi connectivity index (χ1v) is 5.23. The van der Waals surface area contributed by atoms with Crippen LogP contribution in [0.2, 0.25) is 0 Å². The lowest BCUT2D eigenvalue weighted by molar-refractivity contribution is 0.0739. The molecule has 0 saturated heterocycles. The molecule has 2 atom stereocenters. The Balaban J connectivity index is 2.37. The van der Waals surface area contributed by atoms with Crippen molar-refractivity contribution >= 4 is 5.69 Å². The second kappa shape index (κ2) is 4.06. The SMILES string of the molecule is CO[C@@H]1CCC[C@H]1n1cccc(N)c1=O. The van der Waals surface area contributed by atoms with Crippen LogP contribution in [0.3, 0.4) is 0 Å². The largest absolute Gasteiger partial charge is 0.394 e. The third-order valence-electron chi connectivity index (χ3n) is 3.08. The lowest BCUT2D eigenvalue weighted by Crippen LogP contribution is -2.30. The third kappa shape index (κ3) is 1.77. The number of hydrogen-bond acceptors (Lipinski definition) is 3. The van der Waals surface area contributed by atoms with Crippen LogP contribution in [0.5, 0.6) is 0 Å². The average molecular weight is 208 g/mol. The Labute approximate surface area is 88.7 Å². The molecule has 0 radical (unpaired) electrons. The highest BCUT2D eigenvalue weighted by molar-refractivity contribution is 5.33. The van der Waals surface area contributed by atoms with Gasteiger partial charge in [-0.3, -0.25) is 4.79 Å². The molecule has 0 aliphatic heterocycles. The Morgan fingerprint density at radius 2 is 2.33 bits per heavy atom. The van der Waals surface area contributed by atoms with Crippen molar-refractivity contribution < 1.29 is 4.74 Å². The summed E-state index contributed by atoms with van der Waals surface area (Å²) < 4.78 is 7.08. The summed E-state index contributed by atoms with van der Waals surface area (Å²) in [6, 6.07) is 3.59. The molecule has 0 aromatic carbocycles. The lowest BCUT2D eigenvalue weighted by atomic mass is 10.2. The van der Waals surface area contributed by atoms with Crippen LogP contribution in [0.15, 0.2) is 23.1 Å². The van der Waals surface area contributed by atoms with Crippen molar-refractivity contribution in [2.45, 2.75) is 31.4 Å². The molecule has 2 N–H and O–H groups in total. The Kier molecular flexibility index (Phi) is 2.77. The van der Waals surface area contributed by atoms with E-state index in [9.17, 15) is 4.79 Å². The van der Waals surface area contributed by atoms with Crippen molar-refractivity contribution in [1.29, 1.82) is 0 Å². The number of anilines is 1. The van der Waals surface area contributed by atoms with Crippen LogP contribution in [0.1, 0.15) is 25.3 Å². The van der Waals surface area contributed by atoms with Crippen molar-refractivity contribution in [2.24, 2.45) is 0 Å². The zero-order valence-corrected chi connectivity index (χ0v) is 8.85. The van der Waals surface area contributed by atoms with Gasteiger partial charge in [0.25, 0.3) is 5.56 Å². The standard InChI is InChI=1S/C11H16N2O2/c1-15-10-6-2-5-9(10)13-7-3-4-8(12)11(13)14/h3-4,7,9-10H,2,5-6,12H2,1H3/t9-,10-/m1/s1. The van der Waals surface area contributed by atoms with Gasteiger partial charge in [-0.05, 0) is 31.4 Å². The number of hydrogen-bond donors (Lipinski definition) is 1. The smallest absolute Gasteiger partial charge is 0.274 e. The molecule has 82 valence electrons. The zero-order chi connectivity index (χ0) is 10.8. The molecule has 1 saturated carbocycles. The van der Waals surface area contributed by atoms with E-state index in [1.807, 2.05) is 6.07 Å². The fraction of sp³-hybridized carbons (Fsp3) is 0.545. The molecule has 0 unspecified atom stereocenters. The summed E-state index contributed by atoms with van der Waals surface area (Å²) in [7, 11) is 1.69. The normalized spacial score (nSPS) is 25.7. The Morgan fingerprint density at radius 1 is 1.53 bits per heavy atom. The number of pyridine rings is 1. The van der Waals surface area contributed by atoms with Gasteiger partial charge in [0.1, 0.15) is 0 Å². The summed E-state index contributed by atoms with van der Waals surface area (Å²) in [5.74, 6) is 0. The van der Waals surface area contributed by atoms with Crippen molar-refractivity contribution in [3.63, 3.8) is 0 Å². The number of ether oxygens (including phenoxy) is 1. The first kappa shape index (κ1) is 10.2. The minimum atomic E-state index is -0.105. The van der Waals surface area contributed by atoms with Gasteiger partial charge in [0.2, 0.25) is 0 Å². The summed E-state index contributed by atoms with van der Waals surface area (Å²) in [6.45, 7) is 0. The second-order valence-electron chi connectivity index (χ2n) is 3.95. The molecule has 15 heavy (non-hydrogen) atoms. The first-order valence-electron chi connectivity index (χ1n) is 5.23. The monoisotopic (exact) mass is 208 g/mol. The van der Waals surface area contributed by atoms with E-state index >= 15 is 0 Å². The van der Waals surface area contributed by atoms with Gasteiger partial charge in [-0.2, -0.15) is 0 Å². The molecule has 4 heteroatoms. The van der Waals surface area contributed by atoms with Gasteiger partial charge in [-0.1, -0.05) is 0 Å². The van der Waals surface area contributed by atoms with E-state index in [-0.39, 0.29) is 17.7 Å². The molecule has 1 aromatic heterocycles. The van der Waals surface area contributed by atoms with Crippen LogP contribution in [0.25, 0.3) is 0 Å². The summed E-state index contributed by atoms with van der Waals surface area (Å²) in [4.78, 5) is 11.8. The molecular weight excluding hydrogens is 192 g/mol. The molecular formula is C11H16N2O2. The predicted molar refractivity (Wildman–Crippen MR) is 58.8 cm³/mol. The molecule has 1 aliphatic rings. The molecule has 1 aliphatic carbocycles. The van der Waals surface area contributed by atoms with Gasteiger partial charge in [-0.25, -0.2) is 0 Å². The van der Waals surface area contributed by atoms with Crippen molar-refractivity contribution in [1.82, 2.24) is 4.57 Å². The van der Waals surface area contributed by atoms with Crippen LogP contribution in [-0.2, 0) is 4.74 Å². The highest BCUT2D eigenvalue weighted by Gasteiger charge is 2.29. The zero-order valence-electron chi connectivity index (χ0n) is 8.85. The van der Waals surface area contributed by atoms with E-state index in [0.29, 0.717) is 5.69 Å². The molecule has 0 spiro atoms. The van der Waals surface area contributed by atoms with Crippen molar-refractivity contribution in [2.75, 3.05) is 12.8 Å². The topological polar surface area (TPSA) is 57.2 Å². The van der Waals surface area contributed by atoms with E-state index < -0.39 is 0 Å². The van der Waals surface area contributed by atoms with Crippen LogP contribution >= 0.6 is 0 Å².